The molecule has 0 saturated carbocycles. The van der Waals surface area contributed by atoms with Crippen molar-refractivity contribution in [3.63, 3.8) is 0 Å². The molecule has 0 saturated heterocycles. The van der Waals surface area contributed by atoms with Gasteiger partial charge in [0.2, 0.25) is 5.91 Å². The van der Waals surface area contributed by atoms with E-state index < -0.39 is 5.91 Å². The quantitative estimate of drug-likeness (QED) is 0.846. The van der Waals surface area contributed by atoms with Crippen LogP contribution in [0.2, 0.25) is 0 Å². The number of hydrogen-bond acceptors (Lipinski definition) is 2. The number of aryl methyl sites for hydroxylation is 1. The standard InChI is InChI=1S/C17H17NO2/c1-13-5-2-3-7-15(13)12-20-16-8-4-6-14(11-16)9-10-17(18)19/h2-11H,12H2,1H3,(H2,18,19)/b10-9+. The van der Waals surface area contributed by atoms with E-state index in [-0.39, 0.29) is 0 Å². The molecule has 2 aromatic carbocycles. The van der Waals surface area contributed by atoms with Crippen LogP contribution in [0.25, 0.3) is 6.08 Å². The Kier molecular flexibility index (Phi) is 4.56. The number of benzene rings is 2. The van der Waals surface area contributed by atoms with Crippen LogP contribution in [0.4, 0.5) is 0 Å². The molecular weight excluding hydrogens is 250 g/mol. The van der Waals surface area contributed by atoms with E-state index >= 15 is 0 Å². The first-order valence-corrected chi connectivity index (χ1v) is 6.40. The van der Waals surface area contributed by atoms with E-state index in [2.05, 4.69) is 13.0 Å². The second-order valence-electron chi connectivity index (χ2n) is 4.52. The molecule has 2 aromatic rings. The number of ether oxygens (including phenoxy) is 1. The summed E-state index contributed by atoms with van der Waals surface area (Å²) in [6, 6.07) is 15.6. The zero-order chi connectivity index (χ0) is 14.4. The van der Waals surface area contributed by atoms with Gasteiger partial charge in [-0.2, -0.15) is 0 Å². The molecule has 20 heavy (non-hydrogen) atoms. The summed E-state index contributed by atoms with van der Waals surface area (Å²) < 4.78 is 5.77. The zero-order valence-corrected chi connectivity index (χ0v) is 11.4. The Hall–Kier alpha value is -2.55. The maximum atomic E-state index is 10.7. The van der Waals surface area contributed by atoms with Crippen LogP contribution < -0.4 is 10.5 Å². The van der Waals surface area contributed by atoms with Crippen molar-refractivity contribution >= 4 is 12.0 Å². The molecule has 0 radical (unpaired) electrons. The second-order valence-corrected chi connectivity index (χ2v) is 4.52. The summed E-state index contributed by atoms with van der Waals surface area (Å²) >= 11 is 0. The van der Waals surface area contributed by atoms with E-state index in [1.807, 2.05) is 42.5 Å². The van der Waals surface area contributed by atoms with Gasteiger partial charge in [-0.05, 0) is 41.8 Å². The molecule has 0 aliphatic carbocycles. The van der Waals surface area contributed by atoms with Crippen LogP contribution in [0.5, 0.6) is 5.75 Å². The Bertz CT molecular complexity index is 632. The number of amides is 1. The van der Waals surface area contributed by atoms with Crippen LogP contribution in [-0.2, 0) is 11.4 Å². The highest BCUT2D eigenvalue weighted by Gasteiger charge is 1.99. The number of carbonyl (C=O) groups is 1. The number of primary amides is 1. The Morgan fingerprint density at radius 3 is 2.75 bits per heavy atom. The van der Waals surface area contributed by atoms with E-state index in [1.54, 1.807) is 6.08 Å². The fourth-order valence-corrected chi connectivity index (χ4v) is 1.82. The van der Waals surface area contributed by atoms with Crippen LogP contribution in [-0.4, -0.2) is 5.91 Å². The van der Waals surface area contributed by atoms with E-state index in [9.17, 15) is 4.79 Å². The zero-order valence-electron chi connectivity index (χ0n) is 11.4. The third-order valence-electron chi connectivity index (χ3n) is 2.95. The van der Waals surface area contributed by atoms with Crippen molar-refractivity contribution < 1.29 is 9.53 Å². The Balaban J connectivity index is 2.05. The molecule has 0 bridgehead atoms. The fraction of sp³-hybridized carbons (Fsp3) is 0.118. The summed E-state index contributed by atoms with van der Waals surface area (Å²) in [6.45, 7) is 2.58. The van der Waals surface area contributed by atoms with Crippen LogP contribution in [0.1, 0.15) is 16.7 Å². The van der Waals surface area contributed by atoms with Gasteiger partial charge in [0.25, 0.3) is 0 Å². The third kappa shape index (κ3) is 3.99. The molecule has 0 heterocycles. The first kappa shape index (κ1) is 13.9. The molecule has 2 rings (SSSR count). The van der Waals surface area contributed by atoms with Crippen molar-refractivity contribution in [2.24, 2.45) is 5.73 Å². The number of rotatable bonds is 5. The SMILES string of the molecule is Cc1ccccc1COc1cccc(/C=C/C(N)=O)c1. The molecule has 0 aromatic heterocycles. The van der Waals surface area contributed by atoms with Gasteiger partial charge in [-0.1, -0.05) is 36.4 Å². The van der Waals surface area contributed by atoms with Crippen LogP contribution in [0.3, 0.4) is 0 Å². The summed E-state index contributed by atoms with van der Waals surface area (Å²) in [7, 11) is 0. The summed E-state index contributed by atoms with van der Waals surface area (Å²) in [6.07, 6.45) is 3.00. The van der Waals surface area contributed by atoms with Crippen molar-refractivity contribution in [2.75, 3.05) is 0 Å². The van der Waals surface area contributed by atoms with Crippen molar-refractivity contribution in [3.05, 3.63) is 71.3 Å². The van der Waals surface area contributed by atoms with E-state index in [0.717, 1.165) is 16.9 Å². The predicted octanol–water partition coefficient (Wildman–Crippen LogP) is 3.07. The topological polar surface area (TPSA) is 52.3 Å². The molecular formula is C17H17NO2. The van der Waals surface area contributed by atoms with Gasteiger partial charge in [-0.15, -0.1) is 0 Å². The van der Waals surface area contributed by atoms with Crippen LogP contribution in [0, 0.1) is 6.92 Å². The van der Waals surface area contributed by atoms with Crippen LogP contribution in [0.15, 0.2) is 54.6 Å². The van der Waals surface area contributed by atoms with Crippen molar-refractivity contribution in [3.8, 4) is 5.75 Å². The maximum absolute atomic E-state index is 10.7. The minimum Gasteiger partial charge on any atom is -0.489 e. The summed E-state index contributed by atoms with van der Waals surface area (Å²) in [5, 5.41) is 0. The molecule has 0 fully saturated rings. The number of carbonyl (C=O) groups excluding carboxylic acids is 1. The Morgan fingerprint density at radius 2 is 2.00 bits per heavy atom. The third-order valence-corrected chi connectivity index (χ3v) is 2.95. The average molecular weight is 267 g/mol. The monoisotopic (exact) mass is 267 g/mol. The van der Waals surface area contributed by atoms with E-state index in [1.165, 1.54) is 11.6 Å². The fourth-order valence-electron chi connectivity index (χ4n) is 1.82. The van der Waals surface area contributed by atoms with Gasteiger partial charge in [0.1, 0.15) is 12.4 Å². The van der Waals surface area contributed by atoms with Gasteiger partial charge < -0.3 is 10.5 Å². The Morgan fingerprint density at radius 1 is 1.20 bits per heavy atom. The molecule has 0 unspecified atom stereocenters. The van der Waals surface area contributed by atoms with Gasteiger partial charge >= 0.3 is 0 Å². The highest BCUT2D eigenvalue weighted by atomic mass is 16.5. The van der Waals surface area contributed by atoms with Crippen molar-refractivity contribution in [1.29, 1.82) is 0 Å². The number of hydrogen-bond donors (Lipinski definition) is 1. The highest BCUT2D eigenvalue weighted by molar-refractivity contribution is 5.90. The van der Waals surface area contributed by atoms with Crippen LogP contribution >= 0.6 is 0 Å². The largest absolute Gasteiger partial charge is 0.489 e. The lowest BCUT2D eigenvalue weighted by Crippen LogP contribution is -2.05. The lowest BCUT2D eigenvalue weighted by atomic mass is 10.1. The first-order valence-electron chi connectivity index (χ1n) is 6.40. The predicted molar refractivity (Wildman–Crippen MR) is 80.2 cm³/mol. The summed E-state index contributed by atoms with van der Waals surface area (Å²) in [5.74, 6) is 0.302. The second kappa shape index (κ2) is 6.57. The normalized spacial score (nSPS) is 10.7. The molecule has 3 heteroatoms. The van der Waals surface area contributed by atoms with Gasteiger partial charge in [-0.25, -0.2) is 0 Å². The van der Waals surface area contributed by atoms with Gasteiger partial charge in [0, 0.05) is 6.08 Å². The van der Waals surface area contributed by atoms with E-state index in [4.69, 9.17) is 10.5 Å². The smallest absolute Gasteiger partial charge is 0.241 e. The molecule has 102 valence electrons. The molecule has 0 aliphatic heterocycles. The molecule has 3 nitrogen and oxygen atoms in total. The molecule has 2 N–H and O–H groups in total. The summed E-state index contributed by atoms with van der Waals surface area (Å²) in [5.41, 5.74) is 8.32. The highest BCUT2D eigenvalue weighted by Crippen LogP contribution is 2.17. The molecule has 0 atom stereocenters. The first-order chi connectivity index (χ1) is 9.65. The van der Waals surface area contributed by atoms with Gasteiger partial charge in [0.05, 0.1) is 0 Å². The lowest BCUT2D eigenvalue weighted by molar-refractivity contribution is -0.113. The van der Waals surface area contributed by atoms with Crippen molar-refractivity contribution in [1.82, 2.24) is 0 Å². The minimum absolute atomic E-state index is 0.462. The minimum atomic E-state index is -0.462. The lowest BCUT2D eigenvalue weighted by Gasteiger charge is -2.09. The molecule has 0 aliphatic rings. The Labute approximate surface area is 118 Å². The summed E-state index contributed by atoms with van der Waals surface area (Å²) in [4.78, 5) is 10.7. The van der Waals surface area contributed by atoms with E-state index in [0.29, 0.717) is 6.61 Å². The molecule has 0 spiro atoms. The van der Waals surface area contributed by atoms with Crippen molar-refractivity contribution in [2.45, 2.75) is 13.5 Å². The average Bonchev–Trinajstić information content (AvgIpc) is 2.45. The molecule has 1 amide bonds. The van der Waals surface area contributed by atoms with Gasteiger partial charge in [0.15, 0.2) is 0 Å². The maximum Gasteiger partial charge on any atom is 0.241 e. The van der Waals surface area contributed by atoms with Gasteiger partial charge in [-0.3, -0.25) is 4.79 Å². The number of nitrogens with two attached hydrogens (primary N) is 1.